The second-order valence-corrected chi connectivity index (χ2v) is 6.02. The molecule has 16 heavy (non-hydrogen) atoms. The zero-order valence-corrected chi connectivity index (χ0v) is 12.5. The fourth-order valence-corrected chi connectivity index (χ4v) is 4.32. The molecule has 1 atom stereocenters. The lowest BCUT2D eigenvalue weighted by Gasteiger charge is -2.09. The van der Waals surface area contributed by atoms with Gasteiger partial charge < -0.3 is 4.42 Å². The first kappa shape index (κ1) is 12.2. The van der Waals surface area contributed by atoms with E-state index in [2.05, 4.69) is 22.9 Å². The molecule has 0 spiro atoms. The van der Waals surface area contributed by atoms with Gasteiger partial charge in [0.1, 0.15) is 11.5 Å². The summed E-state index contributed by atoms with van der Waals surface area (Å²) >= 11 is 11.5. The van der Waals surface area contributed by atoms with Crippen LogP contribution in [0.25, 0.3) is 0 Å². The third-order valence-corrected chi connectivity index (χ3v) is 5.39. The molecule has 0 fully saturated rings. The summed E-state index contributed by atoms with van der Waals surface area (Å²) in [4.78, 5) is 1.26. The average molecular weight is 320 g/mol. The largest absolute Gasteiger partial charge is 0.466 e. The van der Waals surface area contributed by atoms with Crippen LogP contribution in [-0.2, 0) is 0 Å². The monoisotopic (exact) mass is 318 g/mol. The zero-order chi connectivity index (χ0) is 11.9. The van der Waals surface area contributed by atoms with Crippen LogP contribution in [-0.4, -0.2) is 0 Å². The molecule has 2 aromatic heterocycles. The van der Waals surface area contributed by atoms with Crippen molar-refractivity contribution in [3.05, 3.63) is 44.0 Å². The molecule has 0 aliphatic rings. The van der Waals surface area contributed by atoms with Crippen molar-refractivity contribution >= 4 is 38.9 Å². The van der Waals surface area contributed by atoms with Crippen LogP contribution in [0.2, 0.25) is 5.02 Å². The number of aryl methyl sites for hydroxylation is 2. The molecule has 0 saturated carbocycles. The summed E-state index contributed by atoms with van der Waals surface area (Å²) in [7, 11) is 0. The van der Waals surface area contributed by atoms with Crippen LogP contribution in [0, 0.1) is 20.8 Å². The summed E-state index contributed by atoms with van der Waals surface area (Å²) in [6.45, 7) is 6.06. The summed E-state index contributed by atoms with van der Waals surface area (Å²) in [5.41, 5.74) is 2.39. The predicted octanol–water partition coefficient (Wildman–Crippen LogP) is 5.40. The normalized spacial score (nSPS) is 13.1. The Hall–Kier alpha value is -0.250. The van der Waals surface area contributed by atoms with Crippen LogP contribution in [0.1, 0.15) is 32.4 Å². The van der Waals surface area contributed by atoms with Gasteiger partial charge in [-0.15, -0.1) is 11.3 Å². The number of thiophene rings is 1. The van der Waals surface area contributed by atoms with Gasteiger partial charge in [-0.1, -0.05) is 27.5 Å². The highest BCUT2D eigenvalue weighted by molar-refractivity contribution is 9.09. The fraction of sp³-hybridized carbons (Fsp3) is 0.333. The minimum absolute atomic E-state index is 0.123. The van der Waals surface area contributed by atoms with Gasteiger partial charge in [0.25, 0.3) is 0 Å². The molecule has 2 aromatic rings. The van der Waals surface area contributed by atoms with E-state index in [4.69, 9.17) is 16.0 Å². The maximum Gasteiger partial charge on any atom is 0.106 e. The Morgan fingerprint density at radius 3 is 2.44 bits per heavy atom. The molecule has 1 unspecified atom stereocenters. The maximum atomic E-state index is 6.15. The summed E-state index contributed by atoms with van der Waals surface area (Å²) in [5.74, 6) is 1.94. The van der Waals surface area contributed by atoms with Gasteiger partial charge in [0.2, 0.25) is 0 Å². The highest BCUT2D eigenvalue weighted by Crippen LogP contribution is 2.42. The quantitative estimate of drug-likeness (QED) is 0.675. The molecule has 0 radical (unpaired) electrons. The highest BCUT2D eigenvalue weighted by Gasteiger charge is 2.22. The number of furan rings is 1. The Morgan fingerprint density at radius 2 is 2.00 bits per heavy atom. The Labute approximate surface area is 113 Å². The molecule has 1 nitrogen and oxygen atoms in total. The Balaban J connectivity index is 2.49. The van der Waals surface area contributed by atoms with E-state index < -0.39 is 0 Å². The maximum absolute atomic E-state index is 6.15. The SMILES string of the molecule is Cc1oc(C)c(C(Br)c2sccc2Cl)c1C. The number of alkyl halides is 1. The van der Waals surface area contributed by atoms with Gasteiger partial charge in [-0.3, -0.25) is 0 Å². The van der Waals surface area contributed by atoms with Crippen molar-refractivity contribution in [2.75, 3.05) is 0 Å². The molecule has 0 aromatic carbocycles. The Kier molecular flexibility index (Phi) is 3.48. The highest BCUT2D eigenvalue weighted by atomic mass is 79.9. The molecule has 0 saturated heterocycles. The van der Waals surface area contributed by atoms with Crippen LogP contribution in [0.5, 0.6) is 0 Å². The van der Waals surface area contributed by atoms with Crippen LogP contribution in [0.3, 0.4) is 0 Å². The minimum Gasteiger partial charge on any atom is -0.466 e. The summed E-state index contributed by atoms with van der Waals surface area (Å²) in [5, 5.41) is 2.81. The Morgan fingerprint density at radius 1 is 1.31 bits per heavy atom. The van der Waals surface area contributed by atoms with Crippen molar-refractivity contribution in [2.24, 2.45) is 0 Å². The number of rotatable bonds is 2. The van der Waals surface area contributed by atoms with Crippen LogP contribution in [0.15, 0.2) is 15.9 Å². The van der Waals surface area contributed by atoms with E-state index in [0.29, 0.717) is 0 Å². The standard InChI is InChI=1S/C12H12BrClOS/c1-6-7(2)15-8(3)10(6)11(13)12-9(14)4-5-16-12/h4-5,11H,1-3H3. The second-order valence-electron chi connectivity index (χ2n) is 3.75. The van der Waals surface area contributed by atoms with E-state index in [-0.39, 0.29) is 4.83 Å². The second kappa shape index (κ2) is 4.55. The number of halogens is 2. The molecular weight excluding hydrogens is 308 g/mol. The summed E-state index contributed by atoms with van der Waals surface area (Å²) in [6.07, 6.45) is 0. The first-order valence-electron chi connectivity index (χ1n) is 4.95. The molecule has 0 N–H and O–H groups in total. The first-order valence-corrected chi connectivity index (χ1v) is 7.13. The Bertz CT molecular complexity index is 515. The van der Waals surface area contributed by atoms with E-state index in [9.17, 15) is 0 Å². The van der Waals surface area contributed by atoms with Crippen LogP contribution >= 0.6 is 38.9 Å². The van der Waals surface area contributed by atoms with E-state index in [1.165, 1.54) is 11.1 Å². The molecule has 86 valence electrons. The summed E-state index contributed by atoms with van der Waals surface area (Å²) < 4.78 is 5.64. The van der Waals surface area contributed by atoms with Crippen molar-refractivity contribution in [3.8, 4) is 0 Å². The molecule has 0 bridgehead atoms. The van der Waals surface area contributed by atoms with E-state index in [1.54, 1.807) is 11.3 Å². The lowest BCUT2D eigenvalue weighted by atomic mass is 10.1. The van der Waals surface area contributed by atoms with Gasteiger partial charge in [-0.05, 0) is 37.8 Å². The van der Waals surface area contributed by atoms with Crippen molar-refractivity contribution in [3.63, 3.8) is 0 Å². The van der Waals surface area contributed by atoms with Crippen molar-refractivity contribution in [1.82, 2.24) is 0 Å². The van der Waals surface area contributed by atoms with Gasteiger partial charge in [-0.2, -0.15) is 0 Å². The van der Waals surface area contributed by atoms with Gasteiger partial charge in [0.05, 0.1) is 9.85 Å². The van der Waals surface area contributed by atoms with E-state index in [1.807, 2.05) is 25.3 Å². The van der Waals surface area contributed by atoms with Crippen molar-refractivity contribution < 1.29 is 4.42 Å². The average Bonchev–Trinajstić information content (AvgIpc) is 2.73. The first-order chi connectivity index (χ1) is 7.52. The van der Waals surface area contributed by atoms with Crippen LogP contribution in [0.4, 0.5) is 0 Å². The van der Waals surface area contributed by atoms with Crippen molar-refractivity contribution in [2.45, 2.75) is 25.6 Å². The summed E-state index contributed by atoms with van der Waals surface area (Å²) in [6, 6.07) is 1.92. The predicted molar refractivity (Wildman–Crippen MR) is 73.0 cm³/mol. The zero-order valence-electron chi connectivity index (χ0n) is 9.30. The van der Waals surface area contributed by atoms with Gasteiger partial charge in [0, 0.05) is 10.4 Å². The van der Waals surface area contributed by atoms with Crippen LogP contribution < -0.4 is 0 Å². The molecular formula is C12H12BrClOS. The van der Waals surface area contributed by atoms with E-state index >= 15 is 0 Å². The molecule has 0 aliphatic carbocycles. The van der Waals surface area contributed by atoms with E-state index in [0.717, 1.165) is 21.4 Å². The third kappa shape index (κ3) is 1.96. The van der Waals surface area contributed by atoms with Gasteiger partial charge in [-0.25, -0.2) is 0 Å². The fourth-order valence-electron chi connectivity index (χ4n) is 1.80. The lowest BCUT2D eigenvalue weighted by Crippen LogP contribution is -1.93. The molecule has 2 rings (SSSR count). The smallest absolute Gasteiger partial charge is 0.106 e. The minimum atomic E-state index is 0.123. The molecule has 2 heterocycles. The topological polar surface area (TPSA) is 13.1 Å². The number of hydrogen-bond donors (Lipinski definition) is 0. The van der Waals surface area contributed by atoms with Gasteiger partial charge >= 0.3 is 0 Å². The molecule has 0 amide bonds. The van der Waals surface area contributed by atoms with Gasteiger partial charge in [0.15, 0.2) is 0 Å². The molecule has 0 aliphatic heterocycles. The lowest BCUT2D eigenvalue weighted by molar-refractivity contribution is 0.500. The van der Waals surface area contributed by atoms with Crippen molar-refractivity contribution in [1.29, 1.82) is 0 Å². The molecule has 4 heteroatoms. The number of hydrogen-bond acceptors (Lipinski definition) is 2. The third-order valence-electron chi connectivity index (χ3n) is 2.75.